The van der Waals surface area contributed by atoms with Crippen LogP contribution in [0.4, 0.5) is 0 Å². The van der Waals surface area contributed by atoms with Gasteiger partial charge >= 0.3 is 0 Å². The fraction of sp³-hybridized carbons (Fsp3) is 0.133. The zero-order valence-electron chi connectivity index (χ0n) is 11.4. The van der Waals surface area contributed by atoms with E-state index in [-0.39, 0.29) is 11.5 Å². The van der Waals surface area contributed by atoms with Crippen molar-refractivity contribution in [2.45, 2.75) is 18.4 Å². The SMILES string of the molecule is Cc1cc(C#N)ccc1S(=O)(=O)NOCc1ccccc1. The van der Waals surface area contributed by atoms with E-state index in [1.807, 2.05) is 36.4 Å². The van der Waals surface area contributed by atoms with Crippen molar-refractivity contribution in [2.24, 2.45) is 0 Å². The zero-order chi connectivity index (χ0) is 15.3. The van der Waals surface area contributed by atoms with Gasteiger partial charge in [-0.05, 0) is 36.2 Å². The highest BCUT2D eigenvalue weighted by atomic mass is 32.2. The van der Waals surface area contributed by atoms with Gasteiger partial charge in [-0.1, -0.05) is 35.2 Å². The highest BCUT2D eigenvalue weighted by Crippen LogP contribution is 2.16. The van der Waals surface area contributed by atoms with Crippen molar-refractivity contribution >= 4 is 10.0 Å². The van der Waals surface area contributed by atoms with Crippen LogP contribution in [0.2, 0.25) is 0 Å². The van der Waals surface area contributed by atoms with Crippen molar-refractivity contribution in [2.75, 3.05) is 0 Å². The molecule has 6 heteroatoms. The molecular weight excluding hydrogens is 288 g/mol. The lowest BCUT2D eigenvalue weighted by Gasteiger charge is -2.09. The van der Waals surface area contributed by atoms with Crippen LogP contribution >= 0.6 is 0 Å². The van der Waals surface area contributed by atoms with Crippen LogP contribution in [0, 0.1) is 18.3 Å². The van der Waals surface area contributed by atoms with Gasteiger partial charge in [0.1, 0.15) is 0 Å². The van der Waals surface area contributed by atoms with Gasteiger partial charge in [-0.25, -0.2) is 8.42 Å². The molecule has 0 saturated carbocycles. The maximum absolute atomic E-state index is 12.1. The third kappa shape index (κ3) is 3.89. The van der Waals surface area contributed by atoms with E-state index in [4.69, 9.17) is 10.1 Å². The molecule has 1 N–H and O–H groups in total. The van der Waals surface area contributed by atoms with Crippen LogP contribution in [0.5, 0.6) is 0 Å². The molecule has 108 valence electrons. The van der Waals surface area contributed by atoms with Crippen molar-refractivity contribution in [3.8, 4) is 6.07 Å². The fourth-order valence-corrected chi connectivity index (χ4v) is 2.86. The van der Waals surface area contributed by atoms with Gasteiger partial charge in [0.25, 0.3) is 10.0 Å². The monoisotopic (exact) mass is 302 g/mol. The Morgan fingerprint density at radius 2 is 1.90 bits per heavy atom. The predicted molar refractivity (Wildman–Crippen MR) is 77.4 cm³/mol. The first-order valence-electron chi connectivity index (χ1n) is 6.21. The Labute approximate surface area is 123 Å². The van der Waals surface area contributed by atoms with Crippen molar-refractivity contribution in [3.63, 3.8) is 0 Å². The lowest BCUT2D eigenvalue weighted by Crippen LogP contribution is -2.24. The van der Waals surface area contributed by atoms with Crippen molar-refractivity contribution in [1.82, 2.24) is 4.89 Å². The van der Waals surface area contributed by atoms with E-state index in [0.717, 1.165) is 5.56 Å². The van der Waals surface area contributed by atoms with E-state index >= 15 is 0 Å². The van der Waals surface area contributed by atoms with E-state index in [1.54, 1.807) is 6.92 Å². The Hall–Kier alpha value is -2.20. The average molecular weight is 302 g/mol. The molecule has 0 heterocycles. The minimum atomic E-state index is -3.77. The fourth-order valence-electron chi connectivity index (χ4n) is 1.83. The molecule has 2 aromatic carbocycles. The summed E-state index contributed by atoms with van der Waals surface area (Å²) >= 11 is 0. The van der Waals surface area contributed by atoms with Crippen LogP contribution in [0.3, 0.4) is 0 Å². The molecule has 0 radical (unpaired) electrons. The quantitative estimate of drug-likeness (QED) is 0.859. The van der Waals surface area contributed by atoms with E-state index in [0.29, 0.717) is 11.1 Å². The Balaban J connectivity index is 2.07. The van der Waals surface area contributed by atoms with Crippen molar-refractivity contribution in [1.29, 1.82) is 5.26 Å². The Morgan fingerprint density at radius 1 is 1.19 bits per heavy atom. The molecule has 2 rings (SSSR count). The van der Waals surface area contributed by atoms with E-state index in [1.165, 1.54) is 18.2 Å². The Kier molecular flexibility index (Phi) is 4.70. The van der Waals surface area contributed by atoms with Gasteiger partial charge in [0, 0.05) is 0 Å². The molecular formula is C15H14N2O3S. The minimum absolute atomic E-state index is 0.0922. The summed E-state index contributed by atoms with van der Waals surface area (Å²) in [4.78, 5) is 7.23. The number of hydrogen-bond acceptors (Lipinski definition) is 4. The predicted octanol–water partition coefficient (Wildman–Crippen LogP) is 2.28. The highest BCUT2D eigenvalue weighted by Gasteiger charge is 2.17. The second-order valence-electron chi connectivity index (χ2n) is 4.45. The van der Waals surface area contributed by atoms with Crippen LogP contribution in [0.25, 0.3) is 0 Å². The summed E-state index contributed by atoms with van der Waals surface area (Å²) < 4.78 is 24.2. The van der Waals surface area contributed by atoms with Gasteiger partial charge in [0.15, 0.2) is 0 Å². The molecule has 0 aromatic heterocycles. The third-order valence-corrected chi connectivity index (χ3v) is 4.22. The van der Waals surface area contributed by atoms with Gasteiger partial charge < -0.3 is 0 Å². The first-order valence-corrected chi connectivity index (χ1v) is 7.69. The molecule has 2 aromatic rings. The number of nitrogens with one attached hydrogen (secondary N) is 1. The molecule has 5 nitrogen and oxygen atoms in total. The number of aryl methyl sites for hydroxylation is 1. The van der Waals surface area contributed by atoms with Gasteiger partial charge in [0.2, 0.25) is 0 Å². The van der Waals surface area contributed by atoms with Crippen molar-refractivity contribution in [3.05, 3.63) is 65.2 Å². The summed E-state index contributed by atoms with van der Waals surface area (Å²) in [5, 5.41) is 8.78. The summed E-state index contributed by atoms with van der Waals surface area (Å²) in [7, 11) is -3.77. The van der Waals surface area contributed by atoms with E-state index in [2.05, 4.69) is 4.89 Å². The largest absolute Gasteiger partial charge is 0.282 e. The molecule has 21 heavy (non-hydrogen) atoms. The molecule has 0 fully saturated rings. The molecule has 0 spiro atoms. The summed E-state index contributed by atoms with van der Waals surface area (Å²) in [5.41, 5.74) is 1.76. The highest BCUT2D eigenvalue weighted by molar-refractivity contribution is 7.89. The minimum Gasteiger partial charge on any atom is -0.282 e. The van der Waals surface area contributed by atoms with Gasteiger partial charge in [-0.3, -0.25) is 4.84 Å². The smallest absolute Gasteiger partial charge is 0.262 e. The second-order valence-corrected chi connectivity index (χ2v) is 6.07. The number of sulfonamides is 1. The van der Waals surface area contributed by atoms with Crippen LogP contribution in [-0.2, 0) is 21.5 Å². The van der Waals surface area contributed by atoms with Gasteiger partial charge in [-0.15, -0.1) is 0 Å². The van der Waals surface area contributed by atoms with Crippen LogP contribution < -0.4 is 4.89 Å². The normalized spacial score (nSPS) is 11.0. The number of nitriles is 1. The molecule has 0 saturated heterocycles. The molecule has 0 aliphatic rings. The number of nitrogens with zero attached hydrogens (tertiary/aromatic N) is 1. The lowest BCUT2D eigenvalue weighted by molar-refractivity contribution is 0.0795. The topological polar surface area (TPSA) is 79.2 Å². The summed E-state index contributed by atoms with van der Waals surface area (Å²) in [6, 6.07) is 15.6. The number of benzene rings is 2. The molecule has 0 aliphatic heterocycles. The molecule has 0 atom stereocenters. The Bertz CT molecular complexity index is 765. The Morgan fingerprint density at radius 3 is 2.52 bits per heavy atom. The first kappa shape index (κ1) is 15.2. The number of rotatable bonds is 5. The standard InChI is InChI=1S/C15H14N2O3S/c1-12-9-14(10-16)7-8-15(12)21(18,19)17-20-11-13-5-3-2-4-6-13/h2-9,17H,11H2,1H3. The van der Waals surface area contributed by atoms with Gasteiger partial charge in [-0.2, -0.15) is 5.26 Å². The lowest BCUT2D eigenvalue weighted by atomic mass is 10.2. The molecule has 0 bridgehead atoms. The van der Waals surface area contributed by atoms with Gasteiger partial charge in [0.05, 0.1) is 23.1 Å². The molecule has 0 aliphatic carbocycles. The molecule has 0 unspecified atom stereocenters. The summed E-state index contributed by atoms with van der Waals surface area (Å²) in [5.74, 6) is 0. The van der Waals surface area contributed by atoms with Crippen LogP contribution in [0.1, 0.15) is 16.7 Å². The average Bonchev–Trinajstić information content (AvgIpc) is 2.47. The number of hydrogen-bond donors (Lipinski definition) is 1. The maximum Gasteiger partial charge on any atom is 0.262 e. The first-order chi connectivity index (χ1) is 10.0. The maximum atomic E-state index is 12.1. The molecule has 0 amide bonds. The zero-order valence-corrected chi connectivity index (χ0v) is 12.2. The summed E-state index contributed by atoms with van der Waals surface area (Å²) in [6.07, 6.45) is 0. The van der Waals surface area contributed by atoms with Crippen LogP contribution in [-0.4, -0.2) is 8.42 Å². The summed E-state index contributed by atoms with van der Waals surface area (Å²) in [6.45, 7) is 1.77. The second kappa shape index (κ2) is 6.50. The van der Waals surface area contributed by atoms with Crippen molar-refractivity contribution < 1.29 is 13.3 Å². The van der Waals surface area contributed by atoms with E-state index in [9.17, 15) is 8.42 Å². The van der Waals surface area contributed by atoms with Crippen LogP contribution in [0.15, 0.2) is 53.4 Å². The van der Waals surface area contributed by atoms with E-state index < -0.39 is 10.0 Å². The third-order valence-electron chi connectivity index (χ3n) is 2.84.